The maximum atomic E-state index is 14.5. The number of carbonyl (C=O) groups excluding carboxylic acids is 3. The highest BCUT2D eigenvalue weighted by atomic mass is 32.2. The van der Waals surface area contributed by atoms with Crippen LogP contribution in [-0.4, -0.2) is 62.6 Å². The van der Waals surface area contributed by atoms with E-state index in [1.807, 2.05) is 0 Å². The molecule has 14 heteroatoms. The van der Waals surface area contributed by atoms with Crippen molar-refractivity contribution in [2.75, 3.05) is 25.2 Å². The summed E-state index contributed by atoms with van der Waals surface area (Å²) in [5.74, 6) is -2.05. The molecule has 0 fully saturated rings. The molecule has 1 aliphatic heterocycles. The van der Waals surface area contributed by atoms with Crippen LogP contribution in [0.4, 0.5) is 14.2 Å². The van der Waals surface area contributed by atoms with Gasteiger partial charge in [0.1, 0.15) is 39.1 Å². The van der Waals surface area contributed by atoms with E-state index in [0.717, 1.165) is 16.2 Å². The molecule has 46 heavy (non-hydrogen) atoms. The number of thiophene rings is 1. The highest BCUT2D eigenvalue weighted by Crippen LogP contribution is 2.47. The fraction of sp³-hybridized carbons (Fsp3) is 0.406. The smallest absolute Gasteiger partial charge is 0.348 e. The molecule has 0 spiro atoms. The van der Waals surface area contributed by atoms with E-state index in [0.29, 0.717) is 9.87 Å². The van der Waals surface area contributed by atoms with Crippen LogP contribution in [0.25, 0.3) is 0 Å². The predicted octanol–water partition coefficient (Wildman–Crippen LogP) is 6.00. The normalized spacial score (nSPS) is 15.0. The monoisotopic (exact) mass is 676 g/mol. The summed E-state index contributed by atoms with van der Waals surface area (Å²) in [5.41, 5.74) is -1.05. The summed E-state index contributed by atoms with van der Waals surface area (Å²) in [6.07, 6.45) is -1.44. The molecule has 0 bridgehead atoms. The number of esters is 2. The molecule has 11 nitrogen and oxygen atoms in total. The van der Waals surface area contributed by atoms with Crippen LogP contribution in [0.2, 0.25) is 0 Å². The van der Waals surface area contributed by atoms with Crippen molar-refractivity contribution in [1.82, 2.24) is 4.31 Å². The van der Waals surface area contributed by atoms with Gasteiger partial charge in [0.25, 0.3) is 10.0 Å². The van der Waals surface area contributed by atoms with Crippen molar-refractivity contribution in [3.8, 4) is 5.75 Å². The third kappa shape index (κ3) is 6.74. The number of hydrogen-bond acceptors (Lipinski definition) is 10. The SMILES string of the molecule is CCOC(=O)c1sc2c(c1C)S(=O)(=O)N(C(C)(C)C(=O)OCc1ccccc1)C(=O)N2C[C@H](OC(C)C)c1cc(F)ccc1OC. The number of ether oxygens (including phenoxy) is 4. The molecule has 248 valence electrons. The number of fused-ring (bicyclic) bond motifs is 1. The predicted molar refractivity (Wildman–Crippen MR) is 169 cm³/mol. The quantitative estimate of drug-likeness (QED) is 0.212. The third-order valence-corrected chi connectivity index (χ3v) is 10.8. The van der Waals surface area contributed by atoms with Crippen molar-refractivity contribution in [2.45, 2.75) is 70.8 Å². The minimum Gasteiger partial charge on any atom is -0.496 e. The summed E-state index contributed by atoms with van der Waals surface area (Å²) in [5, 5.41) is -0.0667. The Labute approximate surface area is 271 Å². The molecular weight excluding hydrogens is 639 g/mol. The van der Waals surface area contributed by atoms with E-state index in [-0.39, 0.29) is 51.4 Å². The first-order valence-corrected chi connectivity index (χ1v) is 16.8. The van der Waals surface area contributed by atoms with Crippen LogP contribution in [-0.2, 0) is 35.6 Å². The summed E-state index contributed by atoms with van der Waals surface area (Å²) >= 11 is 0.770. The Balaban J connectivity index is 1.87. The molecule has 0 saturated carbocycles. The lowest BCUT2D eigenvalue weighted by Crippen LogP contribution is -2.62. The molecule has 3 aromatic rings. The van der Waals surface area contributed by atoms with Gasteiger partial charge in [-0.15, -0.1) is 11.3 Å². The van der Waals surface area contributed by atoms with Gasteiger partial charge < -0.3 is 18.9 Å². The number of carbonyl (C=O) groups is 3. The van der Waals surface area contributed by atoms with Crippen molar-refractivity contribution in [3.63, 3.8) is 0 Å². The number of rotatable bonds is 12. The first-order chi connectivity index (χ1) is 21.6. The molecule has 0 radical (unpaired) electrons. The van der Waals surface area contributed by atoms with E-state index >= 15 is 0 Å². The van der Waals surface area contributed by atoms with Crippen molar-refractivity contribution in [3.05, 3.63) is 75.9 Å². The molecule has 1 aliphatic rings. The Morgan fingerprint density at radius 1 is 1.07 bits per heavy atom. The summed E-state index contributed by atoms with van der Waals surface area (Å²) in [6, 6.07) is 11.5. The molecule has 2 heterocycles. The molecule has 1 atom stereocenters. The number of urea groups is 1. The van der Waals surface area contributed by atoms with Gasteiger partial charge in [-0.3, -0.25) is 4.90 Å². The molecule has 2 aromatic carbocycles. The van der Waals surface area contributed by atoms with Gasteiger partial charge in [0.05, 0.1) is 26.4 Å². The number of nitrogens with zero attached hydrogens (tertiary/aromatic N) is 2. The number of benzene rings is 2. The highest BCUT2D eigenvalue weighted by Gasteiger charge is 2.55. The molecule has 0 unspecified atom stereocenters. The van der Waals surface area contributed by atoms with E-state index in [1.54, 1.807) is 51.1 Å². The van der Waals surface area contributed by atoms with Crippen LogP contribution in [0, 0.1) is 12.7 Å². The summed E-state index contributed by atoms with van der Waals surface area (Å²) in [4.78, 5) is 41.6. The maximum absolute atomic E-state index is 14.5. The highest BCUT2D eigenvalue weighted by molar-refractivity contribution is 7.90. The largest absolute Gasteiger partial charge is 0.496 e. The topological polar surface area (TPSA) is 129 Å². The van der Waals surface area contributed by atoms with E-state index in [1.165, 1.54) is 46.1 Å². The van der Waals surface area contributed by atoms with Gasteiger partial charge in [-0.05, 0) is 70.9 Å². The molecule has 0 aliphatic carbocycles. The number of anilines is 1. The Kier molecular flexibility index (Phi) is 10.4. The standard InChI is InChI=1S/C32H37FN2O9S2/c1-8-42-29(36)26-20(4)27-28(45-26)34(17-25(44-19(2)3)23-16-22(33)14-15-24(23)41-7)31(38)35(46(27,39)40)32(5,6)30(37)43-18-21-12-10-9-11-13-21/h9-16,19,25H,8,17-18H2,1-7H3/t25-/m0/s1. The second-order valence-corrected chi connectivity index (χ2v) is 14.0. The Bertz CT molecular complexity index is 1720. The average Bonchev–Trinajstić information content (AvgIpc) is 3.35. The van der Waals surface area contributed by atoms with Crippen LogP contribution < -0.4 is 9.64 Å². The van der Waals surface area contributed by atoms with Crippen LogP contribution in [0.15, 0.2) is 53.4 Å². The number of methoxy groups -OCH3 is 1. The average molecular weight is 677 g/mol. The molecule has 4 rings (SSSR count). The van der Waals surface area contributed by atoms with Gasteiger partial charge in [-0.2, -0.15) is 4.31 Å². The zero-order chi connectivity index (χ0) is 34.0. The minimum absolute atomic E-state index is 0.0239. The Morgan fingerprint density at radius 2 is 1.74 bits per heavy atom. The van der Waals surface area contributed by atoms with Crippen molar-refractivity contribution >= 4 is 44.3 Å². The summed E-state index contributed by atoms with van der Waals surface area (Å²) in [7, 11) is -3.33. The van der Waals surface area contributed by atoms with E-state index in [4.69, 9.17) is 18.9 Å². The lowest BCUT2D eigenvalue weighted by Gasteiger charge is -2.42. The van der Waals surface area contributed by atoms with E-state index < -0.39 is 51.6 Å². The van der Waals surface area contributed by atoms with Crippen molar-refractivity contribution in [2.24, 2.45) is 0 Å². The van der Waals surface area contributed by atoms with Crippen molar-refractivity contribution < 1.29 is 46.1 Å². The molecule has 2 amide bonds. The molecular formula is C32H37FN2O9S2. The van der Waals surface area contributed by atoms with Crippen LogP contribution in [0.5, 0.6) is 5.75 Å². The van der Waals surface area contributed by atoms with Crippen LogP contribution >= 0.6 is 11.3 Å². The number of halogens is 1. The second kappa shape index (κ2) is 13.8. The van der Waals surface area contributed by atoms with Gasteiger partial charge in [-0.1, -0.05) is 30.3 Å². The van der Waals surface area contributed by atoms with Crippen molar-refractivity contribution in [1.29, 1.82) is 0 Å². The lowest BCUT2D eigenvalue weighted by atomic mass is 10.1. The second-order valence-electron chi connectivity index (χ2n) is 11.3. The van der Waals surface area contributed by atoms with E-state index in [9.17, 15) is 27.2 Å². The van der Waals surface area contributed by atoms with Gasteiger partial charge in [-0.25, -0.2) is 27.2 Å². The number of hydrogen-bond donors (Lipinski definition) is 0. The Morgan fingerprint density at radius 3 is 2.35 bits per heavy atom. The van der Waals surface area contributed by atoms with E-state index in [2.05, 4.69) is 0 Å². The summed E-state index contributed by atoms with van der Waals surface area (Å²) < 4.78 is 65.9. The zero-order valence-electron chi connectivity index (χ0n) is 26.7. The fourth-order valence-electron chi connectivity index (χ4n) is 5.10. The first-order valence-electron chi connectivity index (χ1n) is 14.5. The third-order valence-electron chi connectivity index (χ3n) is 7.23. The molecule has 0 N–H and O–H groups in total. The zero-order valence-corrected chi connectivity index (χ0v) is 28.3. The summed E-state index contributed by atoms with van der Waals surface area (Å²) in [6.45, 7) is 8.63. The first kappa shape index (κ1) is 34.9. The van der Waals surface area contributed by atoms with Gasteiger partial charge in [0.15, 0.2) is 5.54 Å². The van der Waals surface area contributed by atoms with Crippen LogP contribution in [0.1, 0.15) is 67.1 Å². The fourth-order valence-corrected chi connectivity index (χ4v) is 8.68. The van der Waals surface area contributed by atoms with Gasteiger partial charge in [0.2, 0.25) is 0 Å². The molecule has 0 saturated heterocycles. The number of sulfonamides is 1. The minimum atomic E-state index is -4.73. The maximum Gasteiger partial charge on any atom is 0.348 e. The van der Waals surface area contributed by atoms with Gasteiger partial charge in [0, 0.05) is 5.56 Å². The van der Waals surface area contributed by atoms with Crippen LogP contribution in [0.3, 0.4) is 0 Å². The number of amides is 2. The lowest BCUT2D eigenvalue weighted by molar-refractivity contribution is -0.153. The Hall–Kier alpha value is -4.01. The van der Waals surface area contributed by atoms with Gasteiger partial charge >= 0.3 is 18.0 Å². The molecule has 1 aromatic heterocycles.